The fraction of sp³-hybridized carbons (Fsp3) is 0.321. The number of nitrogens with zero attached hydrogens (tertiary/aromatic N) is 5. The van der Waals surface area contributed by atoms with Crippen LogP contribution in [0.5, 0.6) is 0 Å². The number of anilines is 4. The van der Waals surface area contributed by atoms with Gasteiger partial charge in [0, 0.05) is 72.4 Å². The van der Waals surface area contributed by atoms with Gasteiger partial charge in [-0.05, 0) is 43.3 Å². The topological polar surface area (TPSA) is 103 Å². The van der Waals surface area contributed by atoms with Gasteiger partial charge in [-0.3, -0.25) is 4.98 Å². The van der Waals surface area contributed by atoms with Crippen molar-refractivity contribution in [2.75, 3.05) is 40.7 Å². The predicted octanol–water partition coefficient (Wildman–Crippen LogP) is 4.05. The number of nitrogens with one attached hydrogen (secondary N) is 2. The van der Waals surface area contributed by atoms with E-state index in [1.165, 1.54) is 9.99 Å². The van der Waals surface area contributed by atoms with E-state index < -0.39 is 15.4 Å². The summed E-state index contributed by atoms with van der Waals surface area (Å²) in [4.78, 5) is 16.1. The van der Waals surface area contributed by atoms with E-state index in [0.29, 0.717) is 23.3 Å². The molecule has 6 rings (SSSR count). The summed E-state index contributed by atoms with van der Waals surface area (Å²) in [5, 5.41) is 7.49. The van der Waals surface area contributed by atoms with Crippen molar-refractivity contribution < 1.29 is 8.42 Å². The molecule has 1 unspecified atom stereocenters. The average molecular weight is 530 g/mol. The minimum Gasteiger partial charge on any atom is -0.369 e. The van der Waals surface area contributed by atoms with Crippen LogP contribution in [-0.4, -0.2) is 55.6 Å². The summed E-state index contributed by atoms with van der Waals surface area (Å²) in [6.07, 6.45) is 3.35. The lowest BCUT2D eigenvalue weighted by molar-refractivity contribution is 0.485. The number of sulfonamides is 1. The fourth-order valence-electron chi connectivity index (χ4n) is 5.27. The highest BCUT2D eigenvalue weighted by atomic mass is 32.2. The van der Waals surface area contributed by atoms with Gasteiger partial charge in [0.05, 0.1) is 5.52 Å². The van der Waals surface area contributed by atoms with Crippen LogP contribution in [0.1, 0.15) is 26.3 Å². The lowest BCUT2D eigenvalue weighted by atomic mass is 9.89. The maximum absolute atomic E-state index is 14.0. The van der Waals surface area contributed by atoms with Gasteiger partial charge in [-0.25, -0.2) is 17.7 Å². The van der Waals surface area contributed by atoms with E-state index in [1.54, 1.807) is 30.6 Å². The van der Waals surface area contributed by atoms with Crippen molar-refractivity contribution in [3.05, 3.63) is 72.6 Å². The molecule has 0 spiro atoms. The summed E-state index contributed by atoms with van der Waals surface area (Å²) in [5.74, 6) is 0.744. The first kappa shape index (κ1) is 24.6. The summed E-state index contributed by atoms with van der Waals surface area (Å²) >= 11 is 0. The first-order valence-electron chi connectivity index (χ1n) is 12.8. The summed E-state index contributed by atoms with van der Waals surface area (Å²) in [7, 11) is -3.92. The molecule has 0 bridgehead atoms. The lowest BCUT2D eigenvalue weighted by Gasteiger charge is -2.33. The van der Waals surface area contributed by atoms with Crippen molar-refractivity contribution in [1.29, 1.82) is 0 Å². The van der Waals surface area contributed by atoms with Crippen LogP contribution in [0.25, 0.3) is 10.9 Å². The van der Waals surface area contributed by atoms with Gasteiger partial charge in [-0.1, -0.05) is 32.0 Å². The Hall–Kier alpha value is -3.76. The van der Waals surface area contributed by atoms with Crippen LogP contribution in [0.4, 0.5) is 23.1 Å². The zero-order chi connectivity index (χ0) is 26.5. The molecule has 38 heavy (non-hydrogen) atoms. The molecule has 2 aromatic heterocycles. The van der Waals surface area contributed by atoms with E-state index in [1.807, 2.05) is 38.1 Å². The van der Waals surface area contributed by atoms with Crippen molar-refractivity contribution in [2.45, 2.75) is 37.1 Å². The van der Waals surface area contributed by atoms with Gasteiger partial charge in [0.1, 0.15) is 4.90 Å². The molecular weight excluding hydrogens is 498 g/mol. The van der Waals surface area contributed by atoms with E-state index >= 15 is 0 Å². The standard InChI is InChI=1S/C28H31N7O2S/c1-19-17-34(15-14-29-19)22-11-9-21(10-12-22)32-27-31-16-23-26(33-27)35(18-28(23,2)3)38(36,37)24-8-4-6-20-7-5-13-30-25(20)24/h4-13,16,19,29H,14-15,17-18H2,1-3H3,(H,31,32,33). The number of piperazine rings is 1. The highest BCUT2D eigenvalue weighted by molar-refractivity contribution is 7.93. The molecule has 196 valence electrons. The highest BCUT2D eigenvalue weighted by Gasteiger charge is 2.43. The Balaban J connectivity index is 1.31. The van der Waals surface area contributed by atoms with E-state index in [4.69, 9.17) is 4.98 Å². The number of aromatic nitrogens is 3. The van der Waals surface area contributed by atoms with E-state index in [-0.39, 0.29) is 11.4 Å². The first-order chi connectivity index (χ1) is 18.2. The highest BCUT2D eigenvalue weighted by Crippen LogP contribution is 2.42. The summed E-state index contributed by atoms with van der Waals surface area (Å²) in [6, 6.07) is 17.5. The van der Waals surface area contributed by atoms with Crippen molar-refractivity contribution in [3.8, 4) is 0 Å². The fourth-order valence-corrected chi connectivity index (χ4v) is 7.04. The van der Waals surface area contributed by atoms with E-state index in [2.05, 4.69) is 44.6 Å². The molecule has 0 saturated carbocycles. The van der Waals surface area contributed by atoms with Gasteiger partial charge in [0.2, 0.25) is 5.95 Å². The minimum atomic E-state index is -3.92. The van der Waals surface area contributed by atoms with Gasteiger partial charge in [0.15, 0.2) is 5.82 Å². The van der Waals surface area contributed by atoms with Gasteiger partial charge >= 0.3 is 0 Å². The number of para-hydroxylation sites is 1. The summed E-state index contributed by atoms with van der Waals surface area (Å²) in [5.41, 5.74) is 2.81. The first-order valence-corrected chi connectivity index (χ1v) is 14.3. The second kappa shape index (κ2) is 9.21. The van der Waals surface area contributed by atoms with E-state index in [0.717, 1.165) is 36.3 Å². The number of benzene rings is 2. The molecule has 2 aliphatic rings. The molecular formula is C28H31N7O2S. The van der Waals surface area contributed by atoms with Crippen LogP contribution in [0.15, 0.2) is 71.9 Å². The number of rotatable bonds is 5. The quantitative estimate of drug-likeness (QED) is 0.399. The van der Waals surface area contributed by atoms with Crippen molar-refractivity contribution in [3.63, 3.8) is 0 Å². The van der Waals surface area contributed by atoms with Gasteiger partial charge in [-0.2, -0.15) is 4.98 Å². The van der Waals surface area contributed by atoms with Crippen LogP contribution < -0.4 is 19.8 Å². The Morgan fingerprint density at radius 1 is 1.05 bits per heavy atom. The monoisotopic (exact) mass is 529 g/mol. The van der Waals surface area contributed by atoms with E-state index in [9.17, 15) is 8.42 Å². The number of hydrogen-bond acceptors (Lipinski definition) is 8. The van der Waals surface area contributed by atoms with Crippen LogP contribution in [0.3, 0.4) is 0 Å². The van der Waals surface area contributed by atoms with Gasteiger partial charge in [-0.15, -0.1) is 0 Å². The second-order valence-electron chi connectivity index (χ2n) is 10.6. The Morgan fingerprint density at radius 2 is 1.84 bits per heavy atom. The number of hydrogen-bond donors (Lipinski definition) is 2. The second-order valence-corrected chi connectivity index (χ2v) is 12.5. The molecule has 2 N–H and O–H groups in total. The van der Waals surface area contributed by atoms with Gasteiger partial charge < -0.3 is 15.5 Å². The van der Waals surface area contributed by atoms with Crippen LogP contribution in [0, 0.1) is 0 Å². The SMILES string of the molecule is CC1CN(c2ccc(Nc3ncc4c(n3)N(S(=O)(=O)c3cccc5cccnc35)CC4(C)C)cc2)CCN1. The molecule has 0 aliphatic carbocycles. The van der Waals surface area contributed by atoms with Crippen molar-refractivity contribution in [1.82, 2.24) is 20.3 Å². The van der Waals surface area contributed by atoms with Crippen LogP contribution in [0.2, 0.25) is 0 Å². The predicted molar refractivity (Wildman–Crippen MR) is 151 cm³/mol. The zero-order valence-corrected chi connectivity index (χ0v) is 22.5. The largest absolute Gasteiger partial charge is 0.369 e. The average Bonchev–Trinajstić information content (AvgIpc) is 3.19. The smallest absolute Gasteiger partial charge is 0.267 e. The molecule has 1 fully saturated rings. The lowest BCUT2D eigenvalue weighted by Crippen LogP contribution is -2.49. The van der Waals surface area contributed by atoms with Crippen LogP contribution >= 0.6 is 0 Å². The normalized spacial score (nSPS) is 19.0. The van der Waals surface area contributed by atoms with Gasteiger partial charge in [0.25, 0.3) is 10.0 Å². The molecule has 1 atom stereocenters. The summed E-state index contributed by atoms with van der Waals surface area (Å²) < 4.78 is 29.3. The molecule has 0 radical (unpaired) electrons. The third kappa shape index (κ3) is 4.33. The molecule has 4 aromatic rings. The third-order valence-corrected chi connectivity index (χ3v) is 9.06. The Labute approximate surface area is 223 Å². The summed E-state index contributed by atoms with van der Waals surface area (Å²) in [6.45, 7) is 9.38. The van der Waals surface area contributed by atoms with Crippen molar-refractivity contribution in [2.24, 2.45) is 0 Å². The number of fused-ring (bicyclic) bond motifs is 2. The Bertz CT molecular complexity index is 1600. The molecule has 2 aromatic carbocycles. The van der Waals surface area contributed by atoms with Crippen molar-refractivity contribution >= 4 is 44.1 Å². The Morgan fingerprint density at radius 3 is 2.63 bits per heavy atom. The maximum Gasteiger partial charge on any atom is 0.267 e. The molecule has 10 heteroatoms. The molecule has 2 aliphatic heterocycles. The van der Waals surface area contributed by atoms with Crippen LogP contribution in [-0.2, 0) is 15.4 Å². The molecule has 1 saturated heterocycles. The third-order valence-electron chi connectivity index (χ3n) is 7.29. The Kier molecular flexibility index (Phi) is 5.96. The maximum atomic E-state index is 14.0. The molecule has 4 heterocycles. The zero-order valence-electron chi connectivity index (χ0n) is 21.7. The molecule has 9 nitrogen and oxygen atoms in total. The number of pyridine rings is 1. The molecule has 0 amide bonds. The minimum absolute atomic E-state index is 0.171.